The van der Waals surface area contributed by atoms with Gasteiger partial charge in [0.2, 0.25) is 0 Å². The number of benzene rings is 2. The lowest BCUT2D eigenvalue weighted by Crippen LogP contribution is -2.48. The van der Waals surface area contributed by atoms with Crippen LogP contribution in [0.5, 0.6) is 5.75 Å². The molecule has 1 amide bonds. The van der Waals surface area contributed by atoms with Crippen LogP contribution in [-0.2, 0) is 29.3 Å². The van der Waals surface area contributed by atoms with E-state index in [0.29, 0.717) is 6.61 Å². The summed E-state index contributed by atoms with van der Waals surface area (Å²) in [5, 5.41) is 0. The molecule has 4 aliphatic carbocycles. The summed E-state index contributed by atoms with van der Waals surface area (Å²) in [5.41, 5.74) is 6.51. The Hall–Kier alpha value is -3.16. The molecule has 1 unspecified atom stereocenters. The van der Waals surface area contributed by atoms with E-state index in [4.69, 9.17) is 19.0 Å². The molecule has 4 bridgehead atoms. The summed E-state index contributed by atoms with van der Waals surface area (Å²) < 4.78 is 17.2. The summed E-state index contributed by atoms with van der Waals surface area (Å²) in [6.07, 6.45) is 13.4. The smallest absolute Gasteiger partial charge is 0.331 e. The van der Waals surface area contributed by atoms with Gasteiger partial charge >= 0.3 is 5.97 Å². The van der Waals surface area contributed by atoms with Gasteiger partial charge in [0.25, 0.3) is 5.91 Å². The Morgan fingerprint density at radius 1 is 0.953 bits per heavy atom. The van der Waals surface area contributed by atoms with Crippen molar-refractivity contribution >= 4 is 18.0 Å². The number of carbonyl (C=O) groups excluding carboxylic acids is 2. The van der Waals surface area contributed by atoms with Crippen molar-refractivity contribution in [1.82, 2.24) is 5.48 Å². The predicted octanol–water partition coefficient (Wildman–Crippen LogP) is 7.13. The van der Waals surface area contributed by atoms with E-state index >= 15 is 0 Å². The van der Waals surface area contributed by atoms with Crippen molar-refractivity contribution in [3.05, 3.63) is 59.7 Å². The largest absolute Gasteiger partial charge is 0.483 e. The van der Waals surface area contributed by atoms with Gasteiger partial charge < -0.3 is 14.2 Å². The van der Waals surface area contributed by atoms with E-state index in [1.54, 1.807) is 6.08 Å². The highest BCUT2D eigenvalue weighted by atomic mass is 16.8. The minimum absolute atomic E-state index is 0.0963. The van der Waals surface area contributed by atoms with E-state index in [1.165, 1.54) is 50.2 Å². The minimum atomic E-state index is -0.517. The Kier molecular flexibility index (Phi) is 8.65. The minimum Gasteiger partial charge on any atom is -0.483 e. The van der Waals surface area contributed by atoms with Gasteiger partial charge in [0, 0.05) is 24.7 Å². The zero-order valence-corrected chi connectivity index (χ0v) is 25.7. The summed E-state index contributed by atoms with van der Waals surface area (Å²) in [4.78, 5) is 30.2. The number of hydrogen-bond acceptors (Lipinski definition) is 6. The van der Waals surface area contributed by atoms with Gasteiger partial charge in [-0.15, -0.1) is 0 Å². The molecule has 43 heavy (non-hydrogen) atoms. The van der Waals surface area contributed by atoms with Crippen LogP contribution in [0.1, 0.15) is 89.7 Å². The van der Waals surface area contributed by atoms with Gasteiger partial charge in [0.15, 0.2) is 12.9 Å². The summed E-state index contributed by atoms with van der Waals surface area (Å²) >= 11 is 0. The van der Waals surface area contributed by atoms with Crippen molar-refractivity contribution in [3.8, 4) is 16.9 Å². The van der Waals surface area contributed by atoms with Gasteiger partial charge in [-0.05, 0) is 130 Å². The van der Waals surface area contributed by atoms with E-state index in [0.717, 1.165) is 59.5 Å². The number of hydrogen-bond donors (Lipinski definition) is 1. The van der Waals surface area contributed by atoms with Crippen molar-refractivity contribution in [2.24, 2.45) is 17.8 Å². The van der Waals surface area contributed by atoms with Crippen molar-refractivity contribution in [2.45, 2.75) is 95.9 Å². The Morgan fingerprint density at radius 2 is 1.63 bits per heavy atom. The Bertz CT molecular complexity index is 1300. The van der Waals surface area contributed by atoms with Crippen LogP contribution in [0.4, 0.5) is 0 Å². The molecule has 2 aromatic carbocycles. The SMILES string of the molecule is CC(C)(C)OC(=O)C=Cc1ccc(-c2ccc(OCC(=O)NOC3CCCCO3)c(C34CC5CC(CC(C5)C3)C4)c2)cc1. The first kappa shape index (κ1) is 29.9. The normalized spacial score (nSPS) is 28.2. The number of esters is 1. The highest BCUT2D eigenvalue weighted by molar-refractivity contribution is 5.87. The quantitative estimate of drug-likeness (QED) is 0.191. The molecule has 5 fully saturated rings. The number of hydroxylamine groups is 1. The zero-order valence-electron chi connectivity index (χ0n) is 25.7. The molecule has 0 radical (unpaired) electrons. The monoisotopic (exact) mass is 587 g/mol. The van der Waals surface area contributed by atoms with E-state index in [2.05, 4.69) is 29.7 Å². The Balaban J connectivity index is 1.20. The molecule has 7 rings (SSSR count). The second-order valence-electron chi connectivity index (χ2n) is 14.1. The lowest BCUT2D eigenvalue weighted by atomic mass is 9.48. The third kappa shape index (κ3) is 7.32. The van der Waals surface area contributed by atoms with Crippen LogP contribution in [-0.4, -0.2) is 37.0 Å². The van der Waals surface area contributed by atoms with Crippen molar-refractivity contribution in [3.63, 3.8) is 0 Å². The van der Waals surface area contributed by atoms with Crippen LogP contribution in [0.2, 0.25) is 0 Å². The standard InChI is InChI=1S/C36H45NO6/c1-35(2,3)42-33(39)14-9-24-7-10-28(11-8-24)29-12-13-31(41-23-32(38)37-43-34-6-4-5-15-40-34)30(19-29)36-20-25-16-26(21-36)18-27(17-25)22-36/h7-14,19,25-27,34H,4-6,15-18,20-23H2,1-3H3,(H,37,38). The fraction of sp³-hybridized carbons (Fsp3) is 0.556. The van der Waals surface area contributed by atoms with E-state index < -0.39 is 11.9 Å². The first-order valence-corrected chi connectivity index (χ1v) is 16.0. The Morgan fingerprint density at radius 3 is 2.26 bits per heavy atom. The van der Waals surface area contributed by atoms with Crippen LogP contribution in [0, 0.1) is 17.8 Å². The maximum absolute atomic E-state index is 12.7. The van der Waals surface area contributed by atoms with Crippen LogP contribution in [0.15, 0.2) is 48.5 Å². The maximum atomic E-state index is 12.7. The van der Waals surface area contributed by atoms with Gasteiger partial charge in [-0.3, -0.25) is 4.79 Å². The van der Waals surface area contributed by atoms with Gasteiger partial charge in [-0.25, -0.2) is 15.1 Å². The lowest BCUT2D eigenvalue weighted by Gasteiger charge is -2.57. The fourth-order valence-corrected chi connectivity index (χ4v) is 8.09. The van der Waals surface area contributed by atoms with Crippen LogP contribution < -0.4 is 10.2 Å². The summed E-state index contributed by atoms with van der Waals surface area (Å²) in [6.45, 7) is 6.13. The van der Waals surface area contributed by atoms with Crippen molar-refractivity contribution < 1.29 is 28.6 Å². The maximum Gasteiger partial charge on any atom is 0.331 e. The highest BCUT2D eigenvalue weighted by Crippen LogP contribution is 2.62. The van der Waals surface area contributed by atoms with E-state index in [-0.39, 0.29) is 23.9 Å². The van der Waals surface area contributed by atoms with Gasteiger partial charge in [-0.2, -0.15) is 0 Å². The molecule has 230 valence electrons. The van der Waals surface area contributed by atoms with E-state index in [9.17, 15) is 9.59 Å². The highest BCUT2D eigenvalue weighted by Gasteiger charge is 2.52. The first-order valence-electron chi connectivity index (χ1n) is 16.0. The zero-order chi connectivity index (χ0) is 30.0. The topological polar surface area (TPSA) is 83.1 Å². The molecule has 1 heterocycles. The third-order valence-electron chi connectivity index (χ3n) is 9.45. The molecule has 0 aromatic heterocycles. The van der Waals surface area contributed by atoms with E-state index in [1.807, 2.05) is 39.0 Å². The molecule has 7 nitrogen and oxygen atoms in total. The van der Waals surface area contributed by atoms with Gasteiger partial charge in [-0.1, -0.05) is 30.3 Å². The molecule has 1 atom stereocenters. The molecule has 2 aromatic rings. The summed E-state index contributed by atoms with van der Waals surface area (Å²) in [7, 11) is 0. The molecule has 7 heteroatoms. The molecule has 1 aliphatic heterocycles. The van der Waals surface area contributed by atoms with Gasteiger partial charge in [0.05, 0.1) is 0 Å². The molecule has 1 saturated heterocycles. The average molecular weight is 588 g/mol. The molecular formula is C36H45NO6. The molecular weight excluding hydrogens is 542 g/mol. The lowest BCUT2D eigenvalue weighted by molar-refractivity contribution is -0.201. The van der Waals surface area contributed by atoms with Crippen LogP contribution >= 0.6 is 0 Å². The second-order valence-corrected chi connectivity index (χ2v) is 14.1. The Labute approximate surface area is 255 Å². The predicted molar refractivity (Wildman–Crippen MR) is 165 cm³/mol. The molecule has 4 saturated carbocycles. The summed E-state index contributed by atoms with van der Waals surface area (Å²) in [5.74, 6) is 2.48. The number of rotatable bonds is 9. The van der Waals surface area contributed by atoms with Crippen molar-refractivity contribution in [1.29, 1.82) is 0 Å². The number of ether oxygens (including phenoxy) is 3. The van der Waals surface area contributed by atoms with Gasteiger partial charge in [0.1, 0.15) is 11.4 Å². The number of amides is 1. The number of carbonyl (C=O) groups is 2. The molecule has 5 aliphatic rings. The van der Waals surface area contributed by atoms with Crippen LogP contribution in [0.25, 0.3) is 17.2 Å². The second kappa shape index (κ2) is 12.4. The molecule has 1 N–H and O–H groups in total. The number of nitrogens with one attached hydrogen (secondary N) is 1. The van der Waals surface area contributed by atoms with Crippen molar-refractivity contribution in [2.75, 3.05) is 13.2 Å². The fourth-order valence-electron chi connectivity index (χ4n) is 8.09. The first-order chi connectivity index (χ1) is 20.6. The third-order valence-corrected chi connectivity index (χ3v) is 9.45. The summed E-state index contributed by atoms with van der Waals surface area (Å²) in [6, 6.07) is 14.6. The van der Waals surface area contributed by atoms with Crippen LogP contribution in [0.3, 0.4) is 0 Å². The molecule has 0 spiro atoms. The average Bonchev–Trinajstić information content (AvgIpc) is 2.97.